The Morgan fingerprint density at radius 1 is 1.28 bits per heavy atom. The minimum atomic E-state index is -2.27. The Morgan fingerprint density at radius 3 is 2.64 bits per heavy atom. The SMILES string of the molecule is CCCCCC1CCC(C2=C(F)C(F)(OCC(C)CBr)CC=C2)CC1. The van der Waals surface area contributed by atoms with Crippen LogP contribution in [-0.2, 0) is 4.74 Å². The molecule has 0 radical (unpaired) electrons. The zero-order valence-electron chi connectivity index (χ0n) is 15.7. The van der Waals surface area contributed by atoms with Crippen molar-refractivity contribution >= 4 is 15.9 Å². The van der Waals surface area contributed by atoms with Gasteiger partial charge >= 0.3 is 0 Å². The van der Waals surface area contributed by atoms with E-state index in [2.05, 4.69) is 22.9 Å². The Labute approximate surface area is 160 Å². The van der Waals surface area contributed by atoms with Gasteiger partial charge in [0.25, 0.3) is 5.85 Å². The Kier molecular flexibility index (Phi) is 8.60. The van der Waals surface area contributed by atoms with Crippen LogP contribution in [0.3, 0.4) is 0 Å². The second-order valence-electron chi connectivity index (χ2n) is 7.89. The van der Waals surface area contributed by atoms with Crippen molar-refractivity contribution in [3.05, 3.63) is 23.6 Å². The van der Waals surface area contributed by atoms with Gasteiger partial charge in [-0.15, -0.1) is 0 Å². The fourth-order valence-electron chi connectivity index (χ4n) is 3.92. The average Bonchev–Trinajstić information content (AvgIpc) is 2.63. The Morgan fingerprint density at radius 2 is 2.00 bits per heavy atom. The zero-order chi connectivity index (χ0) is 18.3. The summed E-state index contributed by atoms with van der Waals surface area (Å²) in [7, 11) is 0. The average molecular weight is 419 g/mol. The van der Waals surface area contributed by atoms with Crippen molar-refractivity contribution in [3.8, 4) is 0 Å². The molecule has 0 bridgehead atoms. The van der Waals surface area contributed by atoms with E-state index in [-0.39, 0.29) is 24.9 Å². The Hall–Kier alpha value is -0.220. The maximum absolute atomic E-state index is 15.0. The van der Waals surface area contributed by atoms with E-state index in [0.717, 1.165) is 36.9 Å². The van der Waals surface area contributed by atoms with Crippen LogP contribution in [0.1, 0.15) is 71.6 Å². The van der Waals surface area contributed by atoms with E-state index in [1.165, 1.54) is 25.7 Å². The molecule has 0 spiro atoms. The highest BCUT2D eigenvalue weighted by atomic mass is 79.9. The predicted octanol–water partition coefficient (Wildman–Crippen LogP) is 7.27. The number of rotatable bonds is 9. The maximum Gasteiger partial charge on any atom is 0.265 e. The minimum absolute atomic E-state index is 0.0241. The van der Waals surface area contributed by atoms with Gasteiger partial charge in [0.2, 0.25) is 0 Å². The van der Waals surface area contributed by atoms with E-state index in [4.69, 9.17) is 4.74 Å². The van der Waals surface area contributed by atoms with Crippen molar-refractivity contribution in [2.45, 2.75) is 77.5 Å². The molecule has 2 atom stereocenters. The van der Waals surface area contributed by atoms with Gasteiger partial charge in [-0.1, -0.05) is 67.6 Å². The monoisotopic (exact) mass is 418 g/mol. The van der Waals surface area contributed by atoms with Crippen LogP contribution in [0.25, 0.3) is 0 Å². The number of unbranched alkanes of at least 4 members (excludes halogenated alkanes) is 2. The first-order valence-electron chi connectivity index (χ1n) is 9.95. The molecule has 2 rings (SSSR count). The largest absolute Gasteiger partial charge is 0.340 e. The summed E-state index contributed by atoms with van der Waals surface area (Å²) in [5.41, 5.74) is 0.548. The Bertz CT molecular complexity index is 469. The molecule has 144 valence electrons. The molecule has 0 aromatic heterocycles. The molecular formula is C21H33BrF2O. The summed E-state index contributed by atoms with van der Waals surface area (Å²) >= 11 is 3.35. The van der Waals surface area contributed by atoms with Crippen molar-refractivity contribution in [3.63, 3.8) is 0 Å². The first kappa shape index (κ1) is 21.1. The fourth-order valence-corrected chi connectivity index (χ4v) is 4.10. The quantitative estimate of drug-likeness (QED) is 0.282. The summed E-state index contributed by atoms with van der Waals surface area (Å²) < 4.78 is 35.3. The van der Waals surface area contributed by atoms with Gasteiger partial charge < -0.3 is 4.74 Å². The number of hydrogen-bond donors (Lipinski definition) is 0. The van der Waals surface area contributed by atoms with Gasteiger partial charge in [-0.3, -0.25) is 0 Å². The number of ether oxygens (including phenoxy) is 1. The van der Waals surface area contributed by atoms with Crippen molar-refractivity contribution < 1.29 is 13.5 Å². The highest BCUT2D eigenvalue weighted by Crippen LogP contribution is 2.43. The van der Waals surface area contributed by atoms with Crippen LogP contribution < -0.4 is 0 Å². The third-order valence-electron chi connectivity index (χ3n) is 5.62. The predicted molar refractivity (Wildman–Crippen MR) is 104 cm³/mol. The zero-order valence-corrected chi connectivity index (χ0v) is 17.3. The third kappa shape index (κ3) is 5.89. The van der Waals surface area contributed by atoms with E-state index in [1.807, 2.05) is 6.92 Å². The number of allylic oxidation sites excluding steroid dienone is 2. The normalized spacial score (nSPS) is 31.4. The van der Waals surface area contributed by atoms with Crippen LogP contribution >= 0.6 is 15.9 Å². The van der Waals surface area contributed by atoms with Gasteiger partial charge in [0.05, 0.1) is 6.61 Å². The molecule has 2 aliphatic carbocycles. The molecule has 1 nitrogen and oxygen atoms in total. The summed E-state index contributed by atoms with van der Waals surface area (Å²) in [5, 5.41) is 0.721. The van der Waals surface area contributed by atoms with Crippen LogP contribution in [0, 0.1) is 17.8 Å². The lowest BCUT2D eigenvalue weighted by atomic mass is 9.75. The lowest BCUT2D eigenvalue weighted by Gasteiger charge is -2.34. The van der Waals surface area contributed by atoms with Gasteiger partial charge in [0.1, 0.15) is 0 Å². The van der Waals surface area contributed by atoms with Crippen LogP contribution in [0.5, 0.6) is 0 Å². The van der Waals surface area contributed by atoms with Gasteiger partial charge in [0, 0.05) is 11.8 Å². The van der Waals surface area contributed by atoms with Gasteiger partial charge in [-0.2, -0.15) is 0 Å². The van der Waals surface area contributed by atoms with E-state index in [0.29, 0.717) is 5.57 Å². The van der Waals surface area contributed by atoms with E-state index >= 15 is 4.39 Å². The molecule has 1 fully saturated rings. The molecule has 4 heteroatoms. The highest BCUT2D eigenvalue weighted by molar-refractivity contribution is 9.09. The molecule has 0 saturated heterocycles. The summed E-state index contributed by atoms with van der Waals surface area (Å²) in [6.07, 6.45) is 12.9. The first-order chi connectivity index (χ1) is 12.0. The van der Waals surface area contributed by atoms with Crippen molar-refractivity contribution in [1.82, 2.24) is 0 Å². The number of halogens is 3. The summed E-state index contributed by atoms with van der Waals surface area (Å²) in [6.45, 7) is 4.41. The van der Waals surface area contributed by atoms with E-state index in [1.54, 1.807) is 12.2 Å². The standard InChI is InChI=1S/C21H33BrF2O/c1-3-4-5-7-17-9-11-18(12-10-17)19-8-6-13-21(24,20(19)23)25-15-16(2)14-22/h6,8,16-18H,3-5,7,9-15H2,1-2H3. The third-order valence-corrected chi connectivity index (χ3v) is 6.73. The topological polar surface area (TPSA) is 9.23 Å². The molecule has 1 saturated carbocycles. The van der Waals surface area contributed by atoms with Gasteiger partial charge in [0.15, 0.2) is 5.83 Å². The van der Waals surface area contributed by atoms with Crippen LogP contribution in [0.15, 0.2) is 23.6 Å². The number of alkyl halides is 2. The first-order valence-corrected chi connectivity index (χ1v) is 11.1. The van der Waals surface area contributed by atoms with Crippen molar-refractivity contribution in [2.24, 2.45) is 17.8 Å². The number of hydrogen-bond acceptors (Lipinski definition) is 1. The fraction of sp³-hybridized carbons (Fsp3) is 0.810. The minimum Gasteiger partial charge on any atom is -0.340 e. The summed E-state index contributed by atoms with van der Waals surface area (Å²) in [6, 6.07) is 0. The second-order valence-corrected chi connectivity index (χ2v) is 8.54. The van der Waals surface area contributed by atoms with Gasteiger partial charge in [-0.05, 0) is 49.0 Å². The van der Waals surface area contributed by atoms with Crippen LogP contribution in [0.4, 0.5) is 8.78 Å². The molecule has 2 aliphatic rings. The molecule has 25 heavy (non-hydrogen) atoms. The lowest BCUT2D eigenvalue weighted by Crippen LogP contribution is -2.33. The molecule has 0 amide bonds. The van der Waals surface area contributed by atoms with Crippen molar-refractivity contribution in [1.29, 1.82) is 0 Å². The molecule has 0 aromatic carbocycles. The molecular weight excluding hydrogens is 386 g/mol. The Balaban J connectivity index is 1.94. The van der Waals surface area contributed by atoms with E-state index in [9.17, 15) is 4.39 Å². The maximum atomic E-state index is 15.0. The lowest BCUT2D eigenvalue weighted by molar-refractivity contribution is -0.135. The van der Waals surface area contributed by atoms with Crippen LogP contribution in [0.2, 0.25) is 0 Å². The summed E-state index contributed by atoms with van der Waals surface area (Å²) in [4.78, 5) is 0. The van der Waals surface area contributed by atoms with E-state index < -0.39 is 11.7 Å². The molecule has 0 aromatic rings. The van der Waals surface area contributed by atoms with Crippen molar-refractivity contribution in [2.75, 3.05) is 11.9 Å². The molecule has 0 heterocycles. The summed E-state index contributed by atoms with van der Waals surface area (Å²) in [5.74, 6) is -1.87. The molecule has 0 aliphatic heterocycles. The van der Waals surface area contributed by atoms with Crippen LogP contribution in [-0.4, -0.2) is 17.8 Å². The van der Waals surface area contributed by atoms with Gasteiger partial charge in [-0.25, -0.2) is 8.78 Å². The smallest absolute Gasteiger partial charge is 0.265 e. The second kappa shape index (κ2) is 10.2. The highest BCUT2D eigenvalue weighted by Gasteiger charge is 2.41. The molecule has 0 N–H and O–H groups in total. The molecule has 2 unspecified atom stereocenters.